The zero-order valence-electron chi connectivity index (χ0n) is 16.7. The van der Waals surface area contributed by atoms with Gasteiger partial charge in [-0.1, -0.05) is 29.8 Å². The number of hydrogen-bond donors (Lipinski definition) is 1. The van der Waals surface area contributed by atoms with E-state index in [0.29, 0.717) is 25.4 Å². The molecule has 0 atom stereocenters. The van der Waals surface area contributed by atoms with Crippen LogP contribution in [0.3, 0.4) is 0 Å². The van der Waals surface area contributed by atoms with E-state index in [1.165, 1.54) is 0 Å². The van der Waals surface area contributed by atoms with Crippen molar-refractivity contribution in [1.29, 1.82) is 0 Å². The summed E-state index contributed by atoms with van der Waals surface area (Å²) in [5, 5.41) is 3.47. The van der Waals surface area contributed by atoms with E-state index in [2.05, 4.69) is 51.0 Å². The number of ketones is 2. The van der Waals surface area contributed by atoms with Crippen molar-refractivity contribution in [1.82, 2.24) is 5.32 Å². The molecule has 154 valence electrons. The number of ether oxygens (including phenoxy) is 1. The normalized spacial score (nSPS) is 20.0. The molecule has 0 radical (unpaired) electrons. The number of rotatable bonds is 4. The maximum atomic E-state index is 13.0. The molecular weight excluding hydrogens is 498 g/mol. The highest BCUT2D eigenvalue weighted by atomic mass is 79.9. The summed E-state index contributed by atoms with van der Waals surface area (Å²) in [7, 11) is 0. The van der Waals surface area contributed by atoms with Gasteiger partial charge in [-0.15, -0.1) is 0 Å². The zero-order chi connectivity index (χ0) is 20.7. The lowest BCUT2D eigenvalue weighted by molar-refractivity contribution is -0.116. The maximum Gasteiger partial charge on any atom is 0.161 e. The predicted octanol–water partition coefficient (Wildman–Crippen LogP) is 5.95. The molecule has 4 rings (SSSR count). The largest absolute Gasteiger partial charge is 0.492 e. The van der Waals surface area contributed by atoms with E-state index in [1.807, 2.05) is 12.1 Å². The third-order valence-electron chi connectivity index (χ3n) is 5.70. The fourth-order valence-corrected chi connectivity index (χ4v) is 5.86. The summed E-state index contributed by atoms with van der Waals surface area (Å²) in [5.41, 5.74) is 4.38. The molecule has 1 aromatic rings. The molecule has 0 aromatic heterocycles. The monoisotopic (exact) mass is 521 g/mol. The average Bonchev–Trinajstić information content (AvgIpc) is 2.65. The number of nitrogens with one attached hydrogen (secondary N) is 1. The van der Waals surface area contributed by atoms with E-state index < -0.39 is 0 Å². The fraction of sp³-hybridized carbons (Fsp3) is 0.478. The first-order valence-electron chi connectivity index (χ1n) is 10.3. The third kappa shape index (κ3) is 3.98. The van der Waals surface area contributed by atoms with Gasteiger partial charge < -0.3 is 10.1 Å². The van der Waals surface area contributed by atoms with Gasteiger partial charge in [-0.2, -0.15) is 0 Å². The Morgan fingerprint density at radius 2 is 1.59 bits per heavy atom. The van der Waals surface area contributed by atoms with E-state index in [-0.39, 0.29) is 17.5 Å². The molecule has 0 fully saturated rings. The molecule has 0 spiro atoms. The highest BCUT2D eigenvalue weighted by Crippen LogP contribution is 2.49. The molecule has 0 bridgehead atoms. The van der Waals surface area contributed by atoms with E-state index in [1.54, 1.807) is 0 Å². The number of carbonyl (C=O) groups is 2. The smallest absolute Gasteiger partial charge is 0.161 e. The van der Waals surface area contributed by atoms with Crippen LogP contribution in [0.25, 0.3) is 0 Å². The van der Waals surface area contributed by atoms with Crippen LogP contribution in [0.4, 0.5) is 0 Å². The van der Waals surface area contributed by atoms with Crippen molar-refractivity contribution in [3.05, 3.63) is 49.2 Å². The molecule has 6 heteroatoms. The van der Waals surface area contributed by atoms with Gasteiger partial charge in [0.2, 0.25) is 0 Å². The lowest BCUT2D eigenvalue weighted by Crippen LogP contribution is -2.36. The minimum Gasteiger partial charge on any atom is -0.492 e. The first-order valence-corrected chi connectivity index (χ1v) is 11.9. The lowest BCUT2D eigenvalue weighted by atomic mass is 9.71. The van der Waals surface area contributed by atoms with Crippen molar-refractivity contribution >= 4 is 43.4 Å². The molecule has 1 aromatic carbocycles. The first kappa shape index (κ1) is 20.9. The fourth-order valence-electron chi connectivity index (χ4n) is 4.49. The van der Waals surface area contributed by atoms with Crippen LogP contribution < -0.4 is 10.1 Å². The Morgan fingerprint density at radius 1 is 1.00 bits per heavy atom. The summed E-state index contributed by atoms with van der Waals surface area (Å²) >= 11 is 7.25. The van der Waals surface area contributed by atoms with Crippen LogP contribution in [0, 0.1) is 5.92 Å². The van der Waals surface area contributed by atoms with Crippen LogP contribution in [-0.2, 0) is 9.59 Å². The number of halogens is 2. The molecule has 2 aliphatic carbocycles. The summed E-state index contributed by atoms with van der Waals surface area (Å²) < 4.78 is 7.94. The van der Waals surface area contributed by atoms with Crippen molar-refractivity contribution in [3.8, 4) is 5.75 Å². The van der Waals surface area contributed by atoms with Gasteiger partial charge in [0.25, 0.3) is 0 Å². The predicted molar refractivity (Wildman–Crippen MR) is 120 cm³/mol. The van der Waals surface area contributed by atoms with Crippen LogP contribution in [0.15, 0.2) is 43.6 Å². The van der Waals surface area contributed by atoms with E-state index in [9.17, 15) is 9.59 Å². The number of allylic oxidation sites excluding steroid dienone is 4. The molecule has 1 heterocycles. The highest BCUT2D eigenvalue weighted by molar-refractivity contribution is 9.11. The van der Waals surface area contributed by atoms with Gasteiger partial charge in [0.05, 0.1) is 11.1 Å². The van der Waals surface area contributed by atoms with Gasteiger partial charge in [0.1, 0.15) is 5.75 Å². The number of carbonyl (C=O) groups excluding carboxylic acids is 2. The van der Waals surface area contributed by atoms with Gasteiger partial charge in [0, 0.05) is 51.3 Å². The molecule has 3 aliphatic rings. The topological polar surface area (TPSA) is 55.4 Å². The number of Topliss-reactive ketones (excluding diaryl/α,β-unsaturated/α-hetero) is 2. The summed E-state index contributed by atoms with van der Waals surface area (Å²) in [6.45, 7) is 4.78. The molecule has 4 nitrogen and oxygen atoms in total. The summed E-state index contributed by atoms with van der Waals surface area (Å²) in [6, 6.07) is 3.96. The van der Waals surface area contributed by atoms with Gasteiger partial charge in [0.15, 0.2) is 11.6 Å². The van der Waals surface area contributed by atoms with E-state index in [4.69, 9.17) is 4.74 Å². The SMILES string of the molecule is CC(C)COc1c(Br)cc(Br)cc1C1C2=C(CCCC2=O)NC2=C1C(=O)CCC2. The van der Waals surface area contributed by atoms with Crippen molar-refractivity contribution in [2.24, 2.45) is 5.92 Å². The van der Waals surface area contributed by atoms with Gasteiger partial charge in [-0.3, -0.25) is 9.59 Å². The Hall–Kier alpha value is -1.40. The molecular formula is C23H25Br2NO3. The van der Waals surface area contributed by atoms with Crippen molar-refractivity contribution < 1.29 is 14.3 Å². The third-order valence-corrected chi connectivity index (χ3v) is 6.75. The van der Waals surface area contributed by atoms with Gasteiger partial charge in [-0.05, 0) is 59.7 Å². The molecule has 29 heavy (non-hydrogen) atoms. The second-order valence-corrected chi connectivity index (χ2v) is 10.2. The number of dihydropyridines is 1. The number of hydrogen-bond acceptors (Lipinski definition) is 4. The van der Waals surface area contributed by atoms with Crippen molar-refractivity contribution in [3.63, 3.8) is 0 Å². The van der Waals surface area contributed by atoms with E-state index >= 15 is 0 Å². The maximum absolute atomic E-state index is 13.0. The minimum absolute atomic E-state index is 0.139. The molecule has 1 N–H and O–H groups in total. The molecule has 0 saturated heterocycles. The summed E-state index contributed by atoms with van der Waals surface area (Å²) in [4.78, 5) is 26.1. The number of benzene rings is 1. The van der Waals surface area contributed by atoms with Crippen molar-refractivity contribution in [2.75, 3.05) is 6.61 Å². The summed E-state index contributed by atoms with van der Waals surface area (Å²) in [5.74, 6) is 1.00. The Balaban J connectivity index is 1.93. The Labute approximate surface area is 188 Å². The molecule has 0 unspecified atom stereocenters. The van der Waals surface area contributed by atoms with E-state index in [0.717, 1.165) is 68.5 Å². The quantitative estimate of drug-likeness (QED) is 0.531. The summed E-state index contributed by atoms with van der Waals surface area (Å²) in [6.07, 6.45) is 4.47. The Bertz CT molecular complexity index is 904. The molecule has 0 saturated carbocycles. The standard InChI is InChI=1S/C23H25Br2NO3/c1-12(2)11-29-23-14(9-13(24)10-15(23)25)20-21-16(5-3-7-18(21)27)26-17-6-4-8-19(28)22(17)20/h9-10,12,20,26H,3-8,11H2,1-2H3. The second kappa shape index (κ2) is 8.38. The second-order valence-electron chi connectivity index (χ2n) is 8.41. The zero-order valence-corrected chi connectivity index (χ0v) is 19.9. The van der Waals surface area contributed by atoms with Crippen LogP contribution in [0.5, 0.6) is 5.75 Å². The average molecular weight is 523 g/mol. The van der Waals surface area contributed by atoms with Crippen LogP contribution >= 0.6 is 31.9 Å². The lowest BCUT2D eigenvalue weighted by Gasteiger charge is -2.37. The first-order chi connectivity index (χ1) is 13.9. The van der Waals surface area contributed by atoms with Gasteiger partial charge >= 0.3 is 0 Å². The molecule has 0 amide bonds. The van der Waals surface area contributed by atoms with Gasteiger partial charge in [-0.25, -0.2) is 0 Å². The Morgan fingerprint density at radius 3 is 2.14 bits per heavy atom. The molecule has 1 aliphatic heterocycles. The van der Waals surface area contributed by atoms with Crippen molar-refractivity contribution in [2.45, 2.75) is 58.3 Å². The van der Waals surface area contributed by atoms with Crippen LogP contribution in [-0.4, -0.2) is 18.2 Å². The minimum atomic E-state index is -0.363. The Kier molecular flexibility index (Phi) is 6.03. The van der Waals surface area contributed by atoms with Crippen LogP contribution in [0.1, 0.15) is 63.9 Å². The van der Waals surface area contributed by atoms with Crippen LogP contribution in [0.2, 0.25) is 0 Å². The highest BCUT2D eigenvalue weighted by Gasteiger charge is 2.41.